The molecule has 1 aliphatic carbocycles. The first-order valence-electron chi connectivity index (χ1n) is 7.13. The average Bonchev–Trinajstić information content (AvgIpc) is 2.75. The first-order valence-corrected chi connectivity index (χ1v) is 7.13. The van der Waals surface area contributed by atoms with Crippen molar-refractivity contribution in [2.45, 2.75) is 63.8 Å². The zero-order chi connectivity index (χ0) is 14.8. The second kappa shape index (κ2) is 5.76. The second-order valence-corrected chi connectivity index (χ2v) is 5.77. The monoisotopic (exact) mass is 290 g/mol. The Morgan fingerprint density at radius 1 is 1.50 bits per heavy atom. The second-order valence-electron chi connectivity index (χ2n) is 5.77. The quantitative estimate of drug-likeness (QED) is 0.923. The molecule has 1 saturated carbocycles. The Kier molecular flexibility index (Phi) is 4.42. The highest BCUT2D eigenvalue weighted by Gasteiger charge is 2.47. The molecule has 0 amide bonds. The molecule has 1 aromatic heterocycles. The zero-order valence-electron chi connectivity index (χ0n) is 11.7. The summed E-state index contributed by atoms with van der Waals surface area (Å²) in [5.41, 5.74) is -1.28. The zero-order valence-corrected chi connectivity index (χ0v) is 11.7. The molecule has 2 atom stereocenters. The SMILES string of the molecule is CCCn1ccnc1CC1(O)CCCC(C(F)(F)F)C1. The van der Waals surface area contributed by atoms with Gasteiger partial charge in [-0.25, -0.2) is 4.98 Å². The van der Waals surface area contributed by atoms with Crippen molar-refractivity contribution in [2.75, 3.05) is 0 Å². The first kappa shape index (κ1) is 15.4. The van der Waals surface area contributed by atoms with Crippen molar-refractivity contribution in [3.63, 3.8) is 0 Å². The lowest BCUT2D eigenvalue weighted by Gasteiger charge is -2.37. The molecular weight excluding hydrogens is 269 g/mol. The summed E-state index contributed by atoms with van der Waals surface area (Å²) < 4.78 is 40.4. The lowest BCUT2D eigenvalue weighted by Crippen LogP contribution is -2.42. The molecule has 0 aromatic carbocycles. The number of halogens is 3. The maximum atomic E-state index is 12.8. The summed E-state index contributed by atoms with van der Waals surface area (Å²) in [4.78, 5) is 4.18. The van der Waals surface area contributed by atoms with Crippen LogP contribution in [0.25, 0.3) is 0 Å². The molecule has 1 aromatic rings. The van der Waals surface area contributed by atoms with Gasteiger partial charge < -0.3 is 9.67 Å². The van der Waals surface area contributed by atoms with Gasteiger partial charge in [0.05, 0.1) is 11.5 Å². The smallest absolute Gasteiger partial charge is 0.389 e. The van der Waals surface area contributed by atoms with Crippen LogP contribution in [0.15, 0.2) is 12.4 Å². The largest absolute Gasteiger partial charge is 0.391 e. The number of aliphatic hydroxyl groups is 1. The lowest BCUT2D eigenvalue weighted by molar-refractivity contribution is -0.200. The van der Waals surface area contributed by atoms with Crippen molar-refractivity contribution in [3.05, 3.63) is 18.2 Å². The van der Waals surface area contributed by atoms with Crippen LogP contribution in [0, 0.1) is 5.92 Å². The van der Waals surface area contributed by atoms with Gasteiger partial charge in [0.15, 0.2) is 0 Å². The Morgan fingerprint density at radius 3 is 2.90 bits per heavy atom. The molecule has 3 nitrogen and oxygen atoms in total. The highest BCUT2D eigenvalue weighted by atomic mass is 19.4. The predicted octanol–water partition coefficient (Wildman–Crippen LogP) is 3.32. The van der Waals surface area contributed by atoms with Crippen molar-refractivity contribution in [1.82, 2.24) is 9.55 Å². The van der Waals surface area contributed by atoms with E-state index in [1.54, 1.807) is 6.20 Å². The molecule has 0 spiro atoms. The van der Waals surface area contributed by atoms with Gasteiger partial charge in [0.1, 0.15) is 5.82 Å². The van der Waals surface area contributed by atoms with Gasteiger partial charge in [-0.1, -0.05) is 6.92 Å². The summed E-state index contributed by atoms with van der Waals surface area (Å²) in [6.07, 6.45) is 1.09. The maximum absolute atomic E-state index is 12.8. The van der Waals surface area contributed by atoms with Crippen LogP contribution in [-0.2, 0) is 13.0 Å². The minimum Gasteiger partial charge on any atom is -0.389 e. The molecule has 1 aliphatic rings. The van der Waals surface area contributed by atoms with E-state index in [0.29, 0.717) is 18.7 Å². The molecule has 0 bridgehead atoms. The Morgan fingerprint density at radius 2 is 2.25 bits per heavy atom. The van der Waals surface area contributed by atoms with E-state index in [0.717, 1.165) is 13.0 Å². The third kappa shape index (κ3) is 3.53. The van der Waals surface area contributed by atoms with E-state index >= 15 is 0 Å². The van der Waals surface area contributed by atoms with Crippen molar-refractivity contribution in [3.8, 4) is 0 Å². The van der Waals surface area contributed by atoms with Gasteiger partial charge in [0.25, 0.3) is 0 Å². The summed E-state index contributed by atoms with van der Waals surface area (Å²) in [6.45, 7) is 2.80. The van der Waals surface area contributed by atoms with Crippen LogP contribution >= 0.6 is 0 Å². The number of aromatic nitrogens is 2. The third-order valence-electron chi connectivity index (χ3n) is 4.04. The lowest BCUT2D eigenvalue weighted by atomic mass is 9.76. The molecule has 0 radical (unpaired) electrons. The van der Waals surface area contributed by atoms with Crippen molar-refractivity contribution in [1.29, 1.82) is 0 Å². The Hall–Kier alpha value is -1.04. The molecule has 6 heteroatoms. The predicted molar refractivity (Wildman–Crippen MR) is 69.2 cm³/mol. The van der Waals surface area contributed by atoms with Crippen molar-refractivity contribution < 1.29 is 18.3 Å². The number of nitrogens with zero attached hydrogens (tertiary/aromatic N) is 2. The molecule has 1 fully saturated rings. The average molecular weight is 290 g/mol. The van der Waals surface area contributed by atoms with Crippen LogP contribution < -0.4 is 0 Å². The fourth-order valence-corrected chi connectivity index (χ4v) is 3.03. The molecule has 114 valence electrons. The van der Waals surface area contributed by atoms with Crippen LogP contribution in [0.2, 0.25) is 0 Å². The van der Waals surface area contributed by atoms with Gasteiger partial charge in [-0.2, -0.15) is 13.2 Å². The van der Waals surface area contributed by atoms with E-state index in [-0.39, 0.29) is 19.3 Å². The van der Waals surface area contributed by atoms with Gasteiger partial charge >= 0.3 is 6.18 Å². The summed E-state index contributed by atoms with van der Waals surface area (Å²) in [7, 11) is 0. The highest BCUT2D eigenvalue weighted by molar-refractivity contribution is 5.01. The fraction of sp³-hybridized carbons (Fsp3) is 0.786. The fourth-order valence-electron chi connectivity index (χ4n) is 3.03. The molecule has 0 saturated heterocycles. The standard InChI is InChI=1S/C14H21F3N2O/c1-2-7-19-8-6-18-12(19)10-13(20)5-3-4-11(9-13)14(15,16)17/h6,8,11,20H,2-5,7,9-10H2,1H3. The summed E-state index contributed by atoms with van der Waals surface area (Å²) in [5.74, 6) is -0.715. The van der Waals surface area contributed by atoms with Crippen LogP contribution in [-0.4, -0.2) is 26.4 Å². The Balaban J connectivity index is 2.08. The van der Waals surface area contributed by atoms with E-state index < -0.39 is 17.7 Å². The van der Waals surface area contributed by atoms with Crippen molar-refractivity contribution in [2.24, 2.45) is 5.92 Å². The summed E-state index contributed by atoms with van der Waals surface area (Å²) in [6, 6.07) is 0. The number of hydrogen-bond acceptors (Lipinski definition) is 2. The topological polar surface area (TPSA) is 38.0 Å². The Labute approximate surface area is 116 Å². The number of imidazole rings is 1. The highest BCUT2D eigenvalue weighted by Crippen LogP contribution is 2.42. The van der Waals surface area contributed by atoms with Crippen LogP contribution in [0.5, 0.6) is 0 Å². The maximum Gasteiger partial charge on any atom is 0.391 e. The molecule has 2 rings (SSSR count). The minimum absolute atomic E-state index is 0.120. The summed E-state index contributed by atoms with van der Waals surface area (Å²) >= 11 is 0. The van der Waals surface area contributed by atoms with Crippen LogP contribution in [0.3, 0.4) is 0 Å². The van der Waals surface area contributed by atoms with Gasteiger partial charge in [0, 0.05) is 25.4 Å². The number of hydrogen-bond donors (Lipinski definition) is 1. The number of alkyl halides is 3. The number of rotatable bonds is 4. The van der Waals surface area contributed by atoms with E-state index in [1.165, 1.54) is 0 Å². The third-order valence-corrected chi connectivity index (χ3v) is 4.04. The van der Waals surface area contributed by atoms with Crippen LogP contribution in [0.1, 0.15) is 44.9 Å². The van der Waals surface area contributed by atoms with Gasteiger partial charge in [-0.15, -0.1) is 0 Å². The molecule has 2 unspecified atom stereocenters. The van der Waals surface area contributed by atoms with Gasteiger partial charge in [-0.3, -0.25) is 0 Å². The first-order chi connectivity index (χ1) is 9.34. The normalized spacial score (nSPS) is 27.8. The van der Waals surface area contributed by atoms with E-state index in [4.69, 9.17) is 0 Å². The van der Waals surface area contributed by atoms with Crippen molar-refractivity contribution >= 4 is 0 Å². The van der Waals surface area contributed by atoms with Gasteiger partial charge in [0.2, 0.25) is 0 Å². The molecule has 20 heavy (non-hydrogen) atoms. The van der Waals surface area contributed by atoms with E-state index in [2.05, 4.69) is 4.98 Å². The van der Waals surface area contributed by atoms with Crippen LogP contribution in [0.4, 0.5) is 13.2 Å². The Bertz CT molecular complexity index is 444. The summed E-state index contributed by atoms with van der Waals surface area (Å²) in [5, 5.41) is 10.5. The minimum atomic E-state index is -4.22. The molecular formula is C14H21F3N2O. The van der Waals surface area contributed by atoms with E-state index in [1.807, 2.05) is 17.7 Å². The number of aryl methyl sites for hydroxylation is 1. The molecule has 1 N–H and O–H groups in total. The van der Waals surface area contributed by atoms with E-state index in [9.17, 15) is 18.3 Å². The van der Waals surface area contributed by atoms with Gasteiger partial charge in [-0.05, 0) is 32.1 Å². The molecule has 0 aliphatic heterocycles. The molecule has 1 heterocycles.